The highest BCUT2D eigenvalue weighted by Crippen LogP contribution is 2.21. The molecule has 96 valence electrons. The van der Waals surface area contributed by atoms with Crippen LogP contribution in [0.25, 0.3) is 0 Å². The van der Waals surface area contributed by atoms with Crippen LogP contribution in [-0.4, -0.2) is 0 Å². The Morgan fingerprint density at radius 1 is 1.17 bits per heavy atom. The summed E-state index contributed by atoms with van der Waals surface area (Å²) >= 11 is 5.32. The highest BCUT2D eigenvalue weighted by Gasteiger charge is 2.02. The fourth-order valence-corrected chi connectivity index (χ4v) is 3.43. The van der Waals surface area contributed by atoms with E-state index in [4.69, 9.17) is 5.73 Å². The molecule has 0 aliphatic heterocycles. The van der Waals surface area contributed by atoms with Gasteiger partial charge in [0.25, 0.3) is 0 Å². The molecule has 4 heteroatoms. The van der Waals surface area contributed by atoms with Crippen LogP contribution in [0.3, 0.4) is 0 Å². The number of nitrogens with two attached hydrogens (primary N) is 1. The van der Waals surface area contributed by atoms with Gasteiger partial charge >= 0.3 is 0 Å². The van der Waals surface area contributed by atoms with E-state index in [0.29, 0.717) is 0 Å². The van der Waals surface area contributed by atoms with E-state index in [1.165, 1.54) is 20.9 Å². The molecule has 0 atom stereocenters. The van der Waals surface area contributed by atoms with E-state index in [9.17, 15) is 0 Å². The van der Waals surface area contributed by atoms with Crippen LogP contribution < -0.4 is 11.1 Å². The molecule has 0 aliphatic carbocycles. The summed E-state index contributed by atoms with van der Waals surface area (Å²) in [5.41, 5.74) is 9.18. The summed E-state index contributed by atoms with van der Waals surface area (Å²) < 4.78 is 1.03. The van der Waals surface area contributed by atoms with Crippen LogP contribution in [0.5, 0.6) is 0 Å². The lowest BCUT2D eigenvalue weighted by atomic mass is 10.2. The summed E-state index contributed by atoms with van der Waals surface area (Å²) in [5, 5.41) is 3.45. The van der Waals surface area contributed by atoms with Gasteiger partial charge in [0.05, 0.1) is 0 Å². The Morgan fingerprint density at radius 2 is 1.94 bits per heavy atom. The molecule has 2 nitrogen and oxygen atoms in total. The van der Waals surface area contributed by atoms with E-state index in [-0.39, 0.29) is 0 Å². The zero-order valence-electron chi connectivity index (χ0n) is 10.6. The maximum atomic E-state index is 5.81. The molecule has 18 heavy (non-hydrogen) atoms. The number of rotatable bonds is 4. The van der Waals surface area contributed by atoms with Crippen LogP contribution in [0.2, 0.25) is 0 Å². The molecule has 3 N–H and O–H groups in total. The number of benzene rings is 1. The van der Waals surface area contributed by atoms with E-state index in [0.717, 1.165) is 23.2 Å². The second kappa shape index (κ2) is 5.87. The number of nitrogens with one attached hydrogen (secondary N) is 1. The minimum absolute atomic E-state index is 0.795. The van der Waals surface area contributed by atoms with Crippen molar-refractivity contribution in [3.8, 4) is 0 Å². The van der Waals surface area contributed by atoms with Crippen molar-refractivity contribution in [3.63, 3.8) is 0 Å². The van der Waals surface area contributed by atoms with Crippen molar-refractivity contribution in [1.29, 1.82) is 0 Å². The van der Waals surface area contributed by atoms with Crippen LogP contribution in [0.1, 0.15) is 20.9 Å². The first-order valence-corrected chi connectivity index (χ1v) is 7.47. The van der Waals surface area contributed by atoms with Crippen molar-refractivity contribution in [1.82, 2.24) is 5.32 Å². The Morgan fingerprint density at radius 3 is 2.56 bits per heavy atom. The average molecular weight is 325 g/mol. The van der Waals surface area contributed by atoms with E-state index in [2.05, 4.69) is 47.2 Å². The third-order valence-electron chi connectivity index (χ3n) is 2.83. The number of hydrogen-bond acceptors (Lipinski definition) is 3. The average Bonchev–Trinajstić information content (AvgIpc) is 2.57. The van der Waals surface area contributed by atoms with Gasteiger partial charge in [-0.05, 0) is 49.2 Å². The van der Waals surface area contributed by atoms with Gasteiger partial charge in [-0.2, -0.15) is 0 Å². The lowest BCUT2D eigenvalue weighted by Gasteiger charge is -2.05. The molecule has 0 bridgehead atoms. The van der Waals surface area contributed by atoms with Crippen LogP contribution in [-0.2, 0) is 13.1 Å². The van der Waals surface area contributed by atoms with E-state index in [1.54, 1.807) is 0 Å². The van der Waals surface area contributed by atoms with Gasteiger partial charge in [0, 0.05) is 33.0 Å². The van der Waals surface area contributed by atoms with Gasteiger partial charge in [0.1, 0.15) is 0 Å². The molecule has 0 aliphatic rings. The second-order valence-corrected chi connectivity index (χ2v) is 6.70. The zero-order valence-corrected chi connectivity index (χ0v) is 13.0. The van der Waals surface area contributed by atoms with Gasteiger partial charge in [-0.3, -0.25) is 0 Å². The molecule has 0 saturated heterocycles. The molecule has 1 aromatic heterocycles. The lowest BCUT2D eigenvalue weighted by molar-refractivity contribution is 0.701. The third-order valence-corrected chi connectivity index (χ3v) is 4.44. The van der Waals surface area contributed by atoms with Crippen molar-refractivity contribution in [2.24, 2.45) is 0 Å². The summed E-state index contributed by atoms with van der Waals surface area (Å²) in [5.74, 6) is 0. The summed E-state index contributed by atoms with van der Waals surface area (Å²) in [6, 6.07) is 8.26. The summed E-state index contributed by atoms with van der Waals surface area (Å²) in [4.78, 5) is 2.78. The first-order valence-electron chi connectivity index (χ1n) is 5.86. The minimum atomic E-state index is 0.795. The van der Waals surface area contributed by atoms with Crippen molar-refractivity contribution in [2.45, 2.75) is 26.9 Å². The number of nitrogen functional groups attached to an aromatic ring is 1. The summed E-state index contributed by atoms with van der Waals surface area (Å²) in [6.07, 6.45) is 0. The molecule has 0 saturated carbocycles. The largest absolute Gasteiger partial charge is 0.399 e. The van der Waals surface area contributed by atoms with Gasteiger partial charge in [-0.1, -0.05) is 15.9 Å². The first kappa shape index (κ1) is 13.6. The summed E-state index contributed by atoms with van der Waals surface area (Å²) in [7, 11) is 0. The van der Waals surface area contributed by atoms with Crippen LogP contribution in [0, 0.1) is 13.8 Å². The van der Waals surface area contributed by atoms with Crippen LogP contribution >= 0.6 is 27.3 Å². The number of aryl methyl sites for hydroxylation is 2. The van der Waals surface area contributed by atoms with Gasteiger partial charge in [0.15, 0.2) is 0 Å². The van der Waals surface area contributed by atoms with E-state index < -0.39 is 0 Å². The van der Waals surface area contributed by atoms with E-state index >= 15 is 0 Å². The van der Waals surface area contributed by atoms with Gasteiger partial charge in [-0.25, -0.2) is 0 Å². The van der Waals surface area contributed by atoms with Crippen LogP contribution in [0.4, 0.5) is 5.69 Å². The molecule has 0 amide bonds. The fourth-order valence-electron chi connectivity index (χ4n) is 1.84. The Labute approximate surface area is 120 Å². The van der Waals surface area contributed by atoms with Crippen LogP contribution in [0.15, 0.2) is 28.7 Å². The quantitative estimate of drug-likeness (QED) is 0.834. The molecule has 0 unspecified atom stereocenters. The Hall–Kier alpha value is -0.840. The second-order valence-electron chi connectivity index (χ2n) is 4.45. The molecule has 1 heterocycles. The third kappa shape index (κ3) is 3.57. The van der Waals surface area contributed by atoms with E-state index in [1.807, 2.05) is 23.5 Å². The number of halogens is 1. The van der Waals surface area contributed by atoms with Crippen molar-refractivity contribution >= 4 is 33.0 Å². The first-order chi connectivity index (χ1) is 8.54. The topological polar surface area (TPSA) is 38.0 Å². The Balaban J connectivity index is 1.92. The normalized spacial score (nSPS) is 10.8. The maximum absolute atomic E-state index is 5.81. The monoisotopic (exact) mass is 324 g/mol. The maximum Gasteiger partial charge on any atom is 0.0328 e. The number of anilines is 1. The zero-order chi connectivity index (χ0) is 13.1. The molecular formula is C14H17BrN2S. The van der Waals surface area contributed by atoms with Crippen molar-refractivity contribution in [2.75, 3.05) is 5.73 Å². The predicted octanol–water partition coefficient (Wildman–Crippen LogP) is 4.00. The standard InChI is InChI=1S/C14H17BrN2S/c1-9-3-14(18-10(9)2)8-17-7-11-4-12(15)6-13(16)5-11/h3-6,17H,7-8,16H2,1-2H3. The highest BCUT2D eigenvalue weighted by atomic mass is 79.9. The minimum Gasteiger partial charge on any atom is -0.399 e. The van der Waals surface area contributed by atoms with Crippen molar-refractivity contribution < 1.29 is 0 Å². The van der Waals surface area contributed by atoms with Gasteiger partial charge < -0.3 is 11.1 Å². The smallest absolute Gasteiger partial charge is 0.0328 e. The molecule has 2 rings (SSSR count). The molecule has 2 aromatic rings. The van der Waals surface area contributed by atoms with Gasteiger partial charge in [0.2, 0.25) is 0 Å². The number of hydrogen-bond donors (Lipinski definition) is 2. The fraction of sp³-hybridized carbons (Fsp3) is 0.286. The molecule has 0 fully saturated rings. The Kier molecular flexibility index (Phi) is 4.43. The number of thiophene rings is 1. The summed E-state index contributed by atoms with van der Waals surface area (Å²) in [6.45, 7) is 6.06. The molecule has 1 aromatic carbocycles. The Bertz CT molecular complexity index is 509. The molecular weight excluding hydrogens is 308 g/mol. The highest BCUT2D eigenvalue weighted by molar-refractivity contribution is 9.10. The lowest BCUT2D eigenvalue weighted by Crippen LogP contribution is -2.11. The van der Waals surface area contributed by atoms with Crippen molar-refractivity contribution in [3.05, 3.63) is 49.6 Å². The molecule has 0 radical (unpaired) electrons. The molecule has 0 spiro atoms. The predicted molar refractivity (Wildman–Crippen MR) is 82.9 cm³/mol. The SMILES string of the molecule is Cc1cc(CNCc2cc(N)cc(Br)c2)sc1C. The van der Waals surface area contributed by atoms with Gasteiger partial charge in [-0.15, -0.1) is 11.3 Å².